The van der Waals surface area contributed by atoms with E-state index in [9.17, 15) is 18.4 Å². The van der Waals surface area contributed by atoms with Gasteiger partial charge in [-0.15, -0.1) is 0 Å². The Kier molecular flexibility index (Phi) is 7.16. The summed E-state index contributed by atoms with van der Waals surface area (Å²) < 4.78 is 35.8. The first-order valence-electron chi connectivity index (χ1n) is 12.6. The second kappa shape index (κ2) is 10.5. The number of hydrogen-bond donors (Lipinski definition) is 1. The highest BCUT2D eigenvalue weighted by Gasteiger charge is 2.34. The first-order chi connectivity index (χ1) is 17.4. The molecule has 0 radical (unpaired) electrons. The molecule has 1 atom stereocenters. The number of amides is 1. The van der Waals surface area contributed by atoms with Crippen molar-refractivity contribution in [2.24, 2.45) is 5.92 Å². The molecule has 0 spiro atoms. The molecular weight excluding hydrogens is 464 g/mol. The van der Waals surface area contributed by atoms with Crippen LogP contribution in [0.5, 0.6) is 0 Å². The van der Waals surface area contributed by atoms with Gasteiger partial charge in [0.2, 0.25) is 0 Å². The number of ether oxygens (including phenoxy) is 1. The third kappa shape index (κ3) is 5.06. The van der Waals surface area contributed by atoms with Crippen molar-refractivity contribution in [1.29, 1.82) is 0 Å². The number of hydrogen-bond acceptors (Lipinski definition) is 4. The fourth-order valence-electron chi connectivity index (χ4n) is 5.22. The highest BCUT2D eigenvalue weighted by atomic mass is 19.1. The molecule has 1 saturated heterocycles. The average molecular weight is 496 g/mol. The number of halogens is 2. The van der Waals surface area contributed by atoms with Crippen molar-refractivity contribution in [2.45, 2.75) is 38.8 Å². The van der Waals surface area contributed by atoms with Crippen LogP contribution in [0.3, 0.4) is 0 Å². The summed E-state index contributed by atoms with van der Waals surface area (Å²) in [5.74, 6) is -1.16. The average Bonchev–Trinajstić information content (AvgIpc) is 3.70. The van der Waals surface area contributed by atoms with Gasteiger partial charge in [0, 0.05) is 37.3 Å². The van der Waals surface area contributed by atoms with E-state index in [2.05, 4.69) is 10.2 Å². The van der Waals surface area contributed by atoms with Crippen molar-refractivity contribution in [3.05, 3.63) is 81.3 Å². The van der Waals surface area contributed by atoms with Gasteiger partial charge in [-0.3, -0.25) is 14.5 Å². The Morgan fingerprint density at radius 3 is 2.58 bits per heavy atom. The number of nitrogens with zero attached hydrogens (tertiary/aromatic N) is 2. The van der Waals surface area contributed by atoms with E-state index in [0.29, 0.717) is 42.8 Å². The zero-order valence-electron chi connectivity index (χ0n) is 20.4. The van der Waals surface area contributed by atoms with Crippen molar-refractivity contribution >= 4 is 16.7 Å². The van der Waals surface area contributed by atoms with E-state index in [1.54, 1.807) is 19.1 Å². The van der Waals surface area contributed by atoms with Crippen molar-refractivity contribution in [3.63, 3.8) is 0 Å². The Hall–Kier alpha value is -3.10. The number of pyridine rings is 1. The van der Waals surface area contributed by atoms with Gasteiger partial charge in [0.1, 0.15) is 11.6 Å². The van der Waals surface area contributed by atoms with E-state index in [4.69, 9.17) is 4.74 Å². The summed E-state index contributed by atoms with van der Waals surface area (Å²) in [4.78, 5) is 29.3. The highest BCUT2D eigenvalue weighted by molar-refractivity contribution is 6.08. The van der Waals surface area contributed by atoms with E-state index in [0.717, 1.165) is 32.5 Å². The van der Waals surface area contributed by atoms with Gasteiger partial charge in [0.15, 0.2) is 0 Å². The maximum atomic E-state index is 14.9. The molecule has 2 fully saturated rings. The quantitative estimate of drug-likeness (QED) is 0.509. The van der Waals surface area contributed by atoms with Crippen LogP contribution in [-0.2, 0) is 11.3 Å². The summed E-state index contributed by atoms with van der Waals surface area (Å²) in [5.41, 5.74) is 1.07. The summed E-state index contributed by atoms with van der Waals surface area (Å²) in [6.45, 7) is 5.98. The predicted octanol–water partition coefficient (Wildman–Crippen LogP) is 4.19. The standard InChI is InChI=1S/C28H31F2N3O3/c1-18-24(27(34)31-26(19-9-10-19)20-5-2-6-21(29)17-20)22-7-3-8-23(30)25(22)28(35)33(18)12-4-11-32-13-15-36-16-14-32/h2-3,5-8,17,19,26H,4,9-16H2,1H3,(H,31,34)/t26-/m0/s1. The smallest absolute Gasteiger partial charge is 0.261 e. The van der Waals surface area contributed by atoms with E-state index in [-0.39, 0.29) is 34.6 Å². The van der Waals surface area contributed by atoms with Gasteiger partial charge in [-0.2, -0.15) is 0 Å². The predicted molar refractivity (Wildman–Crippen MR) is 134 cm³/mol. The van der Waals surface area contributed by atoms with Crippen LogP contribution in [0.15, 0.2) is 47.3 Å². The Balaban J connectivity index is 1.48. The largest absolute Gasteiger partial charge is 0.379 e. The molecule has 1 saturated carbocycles. The number of carbonyl (C=O) groups is 1. The zero-order valence-corrected chi connectivity index (χ0v) is 20.4. The molecule has 36 heavy (non-hydrogen) atoms. The van der Waals surface area contributed by atoms with Gasteiger partial charge in [-0.25, -0.2) is 8.78 Å². The summed E-state index contributed by atoms with van der Waals surface area (Å²) in [5, 5.41) is 3.30. The number of nitrogens with one attached hydrogen (secondary N) is 1. The second-order valence-electron chi connectivity index (χ2n) is 9.73. The van der Waals surface area contributed by atoms with E-state index >= 15 is 0 Å². The normalized spacial score (nSPS) is 17.3. The minimum Gasteiger partial charge on any atom is -0.379 e. The van der Waals surface area contributed by atoms with Gasteiger partial charge in [-0.1, -0.05) is 24.3 Å². The van der Waals surface area contributed by atoms with Crippen LogP contribution in [0.1, 0.15) is 46.9 Å². The molecule has 190 valence electrons. The first kappa shape index (κ1) is 24.6. The minimum atomic E-state index is -0.641. The van der Waals surface area contributed by atoms with Gasteiger partial charge < -0.3 is 14.6 Å². The molecule has 0 bridgehead atoms. The molecule has 2 heterocycles. The van der Waals surface area contributed by atoms with E-state index in [1.165, 1.54) is 28.8 Å². The lowest BCUT2D eigenvalue weighted by Gasteiger charge is -2.27. The highest BCUT2D eigenvalue weighted by Crippen LogP contribution is 2.41. The lowest BCUT2D eigenvalue weighted by atomic mass is 9.99. The number of benzene rings is 2. The van der Waals surface area contributed by atoms with E-state index in [1.807, 2.05) is 6.07 Å². The van der Waals surface area contributed by atoms with Gasteiger partial charge in [0.25, 0.3) is 11.5 Å². The molecule has 1 aliphatic carbocycles. The van der Waals surface area contributed by atoms with Crippen LogP contribution in [0.25, 0.3) is 10.8 Å². The molecule has 2 aliphatic rings. The van der Waals surface area contributed by atoms with Crippen LogP contribution >= 0.6 is 0 Å². The number of fused-ring (bicyclic) bond motifs is 1. The maximum absolute atomic E-state index is 14.9. The third-order valence-corrected chi connectivity index (χ3v) is 7.28. The van der Waals surface area contributed by atoms with Crippen molar-refractivity contribution in [1.82, 2.24) is 14.8 Å². The molecule has 5 rings (SSSR count). The zero-order chi connectivity index (χ0) is 25.2. The lowest BCUT2D eigenvalue weighted by Crippen LogP contribution is -2.38. The van der Waals surface area contributed by atoms with Crippen LogP contribution in [-0.4, -0.2) is 48.2 Å². The van der Waals surface area contributed by atoms with Crippen LogP contribution in [0.2, 0.25) is 0 Å². The first-order valence-corrected chi connectivity index (χ1v) is 12.6. The van der Waals surface area contributed by atoms with Crippen molar-refractivity contribution in [3.8, 4) is 0 Å². The monoisotopic (exact) mass is 495 g/mol. The molecule has 6 nitrogen and oxygen atoms in total. The Bertz CT molecular complexity index is 1330. The number of carbonyl (C=O) groups excluding carboxylic acids is 1. The van der Waals surface area contributed by atoms with Crippen molar-refractivity contribution in [2.75, 3.05) is 32.8 Å². The third-order valence-electron chi connectivity index (χ3n) is 7.28. The Morgan fingerprint density at radius 1 is 1.11 bits per heavy atom. The Labute approximate surface area is 208 Å². The minimum absolute atomic E-state index is 0.0756. The van der Waals surface area contributed by atoms with Gasteiger partial charge in [-0.05, 0) is 55.9 Å². The molecule has 8 heteroatoms. The molecule has 1 amide bonds. The molecule has 2 aromatic carbocycles. The molecule has 1 aliphatic heterocycles. The van der Waals surface area contributed by atoms with Gasteiger partial charge >= 0.3 is 0 Å². The van der Waals surface area contributed by atoms with Crippen LogP contribution in [0.4, 0.5) is 8.78 Å². The molecule has 1 N–H and O–H groups in total. The summed E-state index contributed by atoms with van der Waals surface area (Å²) in [6, 6.07) is 10.3. The summed E-state index contributed by atoms with van der Waals surface area (Å²) >= 11 is 0. The summed E-state index contributed by atoms with van der Waals surface area (Å²) in [6.07, 6.45) is 2.57. The maximum Gasteiger partial charge on any atom is 0.261 e. The van der Waals surface area contributed by atoms with Crippen LogP contribution < -0.4 is 10.9 Å². The topological polar surface area (TPSA) is 63.6 Å². The number of rotatable bonds is 8. The number of aromatic nitrogens is 1. The molecule has 1 aromatic heterocycles. The second-order valence-corrected chi connectivity index (χ2v) is 9.73. The fourth-order valence-corrected chi connectivity index (χ4v) is 5.22. The fraction of sp³-hybridized carbons (Fsp3) is 0.429. The Morgan fingerprint density at radius 2 is 1.86 bits per heavy atom. The molecule has 0 unspecified atom stereocenters. The van der Waals surface area contributed by atoms with Crippen molar-refractivity contribution < 1.29 is 18.3 Å². The van der Waals surface area contributed by atoms with Crippen LogP contribution in [0, 0.1) is 24.5 Å². The molecular formula is C28H31F2N3O3. The number of morpholine rings is 1. The SMILES string of the molecule is Cc1c(C(=O)N[C@H](c2cccc(F)c2)C2CC2)c2cccc(F)c2c(=O)n1CCCN1CCOCC1. The van der Waals surface area contributed by atoms with Gasteiger partial charge in [0.05, 0.1) is 30.2 Å². The lowest BCUT2D eigenvalue weighted by molar-refractivity contribution is 0.0369. The van der Waals surface area contributed by atoms with E-state index < -0.39 is 11.4 Å². The summed E-state index contributed by atoms with van der Waals surface area (Å²) in [7, 11) is 0. The molecule has 3 aromatic rings.